The second kappa shape index (κ2) is 7.95. The molecule has 0 N–H and O–H groups in total. The number of aromatic nitrogens is 3. The standard InChI is InChI=1S/C30H24N4O/c1-18-23-14-13-22-26(19-9-5-4-6-10-19)33-29(21-15-16-32-24-12-8-7-11-20(21)24)34-28(22)30(23,2)17-25(31-3)27(18)35/h4-12,15-18,23H,13-14H2,1-2H3/t18-,23-,30-/m1/s1. The van der Waals surface area contributed by atoms with E-state index in [-0.39, 0.29) is 23.3 Å². The van der Waals surface area contributed by atoms with Crippen LogP contribution in [0.3, 0.4) is 0 Å². The highest BCUT2D eigenvalue weighted by Crippen LogP contribution is 2.51. The first kappa shape index (κ1) is 21.4. The Kier molecular flexibility index (Phi) is 4.86. The minimum absolute atomic E-state index is 0.0522. The molecule has 5 heteroatoms. The van der Waals surface area contributed by atoms with Crippen LogP contribution in [-0.4, -0.2) is 20.7 Å². The summed E-state index contributed by atoms with van der Waals surface area (Å²) in [5.74, 6) is 0.463. The number of ketones is 1. The fourth-order valence-corrected chi connectivity index (χ4v) is 5.99. The van der Waals surface area contributed by atoms with E-state index in [0.29, 0.717) is 5.82 Å². The number of Topliss-reactive ketones (excluding diaryl/α,β-unsaturated/α-hetero) is 1. The zero-order valence-corrected chi connectivity index (χ0v) is 19.7. The molecule has 0 unspecified atom stereocenters. The SMILES string of the molecule is [C-]#[N+]C1=C[C@@]2(C)c3nc(-c4ccnc5ccccc45)nc(-c4ccccc4)c3CC[C@@H]2[C@@H](C)C1=O. The highest BCUT2D eigenvalue weighted by molar-refractivity contribution is 6.00. The van der Waals surface area contributed by atoms with Crippen LogP contribution in [0.25, 0.3) is 38.4 Å². The van der Waals surface area contributed by atoms with Gasteiger partial charge in [-0.3, -0.25) is 4.98 Å². The minimum Gasteiger partial charge on any atom is -0.308 e. The normalized spacial score (nSPS) is 23.2. The van der Waals surface area contributed by atoms with Crippen LogP contribution in [0.5, 0.6) is 0 Å². The van der Waals surface area contributed by atoms with E-state index in [1.807, 2.05) is 61.5 Å². The van der Waals surface area contributed by atoms with E-state index in [9.17, 15) is 4.79 Å². The summed E-state index contributed by atoms with van der Waals surface area (Å²) in [5, 5.41) is 0.996. The van der Waals surface area contributed by atoms with Gasteiger partial charge in [-0.25, -0.2) is 14.8 Å². The molecule has 0 spiro atoms. The third kappa shape index (κ3) is 3.21. The summed E-state index contributed by atoms with van der Waals surface area (Å²) in [6, 6.07) is 20.2. The summed E-state index contributed by atoms with van der Waals surface area (Å²) < 4.78 is 0. The highest BCUT2D eigenvalue weighted by Gasteiger charge is 2.49. The average molecular weight is 457 g/mol. The Morgan fingerprint density at radius 1 is 1.03 bits per heavy atom. The third-order valence-electron chi connectivity index (χ3n) is 7.76. The number of rotatable bonds is 2. The van der Waals surface area contributed by atoms with E-state index < -0.39 is 5.41 Å². The van der Waals surface area contributed by atoms with Crippen LogP contribution in [0.2, 0.25) is 0 Å². The molecule has 2 aliphatic carbocycles. The van der Waals surface area contributed by atoms with Crippen molar-refractivity contribution in [3.8, 4) is 22.6 Å². The van der Waals surface area contributed by atoms with Gasteiger partial charge in [-0.15, -0.1) is 0 Å². The van der Waals surface area contributed by atoms with E-state index >= 15 is 0 Å². The number of carbonyl (C=O) groups excluding carboxylic acids is 1. The molecule has 0 fully saturated rings. The van der Waals surface area contributed by atoms with Gasteiger partial charge in [-0.2, -0.15) is 0 Å². The van der Waals surface area contributed by atoms with Crippen molar-refractivity contribution in [2.75, 3.05) is 0 Å². The zero-order valence-electron chi connectivity index (χ0n) is 19.7. The lowest BCUT2D eigenvalue weighted by atomic mass is 9.58. The predicted octanol–water partition coefficient (Wildman–Crippen LogP) is 6.20. The summed E-state index contributed by atoms with van der Waals surface area (Å²) >= 11 is 0. The lowest BCUT2D eigenvalue weighted by Crippen LogP contribution is -2.46. The monoisotopic (exact) mass is 456 g/mol. The predicted molar refractivity (Wildman–Crippen MR) is 136 cm³/mol. The largest absolute Gasteiger partial charge is 0.308 e. The second-order valence-corrected chi connectivity index (χ2v) is 9.69. The number of benzene rings is 2. The van der Waals surface area contributed by atoms with Crippen LogP contribution in [0.1, 0.15) is 31.5 Å². The number of fused-ring (bicyclic) bond motifs is 4. The van der Waals surface area contributed by atoms with Gasteiger partial charge in [0.05, 0.1) is 23.5 Å². The molecule has 2 aliphatic rings. The Morgan fingerprint density at radius 3 is 2.60 bits per heavy atom. The maximum Gasteiger partial charge on any atom is 0.226 e. The van der Waals surface area contributed by atoms with E-state index in [4.69, 9.17) is 16.5 Å². The topological polar surface area (TPSA) is 60.1 Å². The first-order valence-electron chi connectivity index (χ1n) is 12.0. The zero-order chi connectivity index (χ0) is 24.2. The maximum absolute atomic E-state index is 12.9. The molecular weight excluding hydrogens is 432 g/mol. The van der Waals surface area contributed by atoms with Gasteiger partial charge in [-0.1, -0.05) is 68.5 Å². The number of hydrogen-bond donors (Lipinski definition) is 0. The summed E-state index contributed by atoms with van der Waals surface area (Å²) in [6.45, 7) is 11.7. The highest BCUT2D eigenvalue weighted by atomic mass is 16.1. The van der Waals surface area contributed by atoms with Crippen molar-refractivity contribution < 1.29 is 4.79 Å². The van der Waals surface area contributed by atoms with Gasteiger partial charge >= 0.3 is 0 Å². The molecule has 4 aromatic rings. The Morgan fingerprint density at radius 2 is 1.80 bits per heavy atom. The van der Waals surface area contributed by atoms with E-state index in [1.54, 1.807) is 6.20 Å². The quantitative estimate of drug-likeness (QED) is 0.337. The van der Waals surface area contributed by atoms with Crippen molar-refractivity contribution in [1.29, 1.82) is 0 Å². The van der Waals surface area contributed by atoms with E-state index in [2.05, 4.69) is 28.9 Å². The molecular formula is C30H24N4O. The van der Waals surface area contributed by atoms with Crippen LogP contribution in [-0.2, 0) is 16.6 Å². The smallest absolute Gasteiger partial charge is 0.226 e. The summed E-state index contributed by atoms with van der Waals surface area (Å²) in [6.07, 6.45) is 5.33. The summed E-state index contributed by atoms with van der Waals surface area (Å²) in [5.41, 5.74) is 5.53. The molecule has 6 rings (SSSR count). The number of allylic oxidation sites excluding steroid dienone is 2. The van der Waals surface area contributed by atoms with Crippen LogP contribution in [0.15, 0.2) is 78.6 Å². The number of carbonyl (C=O) groups is 1. The van der Waals surface area contributed by atoms with Gasteiger partial charge < -0.3 is 4.79 Å². The first-order valence-corrected chi connectivity index (χ1v) is 12.0. The molecule has 0 amide bonds. The Bertz CT molecular complexity index is 1560. The van der Waals surface area contributed by atoms with Crippen LogP contribution >= 0.6 is 0 Å². The fourth-order valence-electron chi connectivity index (χ4n) is 5.99. The van der Waals surface area contributed by atoms with Crippen molar-refractivity contribution in [3.63, 3.8) is 0 Å². The first-order chi connectivity index (χ1) is 17.0. The van der Waals surface area contributed by atoms with Gasteiger partial charge in [-0.05, 0) is 30.9 Å². The molecule has 2 aromatic carbocycles. The van der Waals surface area contributed by atoms with Crippen molar-refractivity contribution in [2.45, 2.75) is 32.1 Å². The summed E-state index contributed by atoms with van der Waals surface area (Å²) in [7, 11) is 0. The van der Waals surface area contributed by atoms with Gasteiger partial charge in [0.25, 0.3) is 0 Å². The number of pyridine rings is 1. The summed E-state index contributed by atoms with van der Waals surface area (Å²) in [4.78, 5) is 31.3. The average Bonchev–Trinajstić information content (AvgIpc) is 2.90. The number of hydrogen-bond acceptors (Lipinski definition) is 4. The fraction of sp³-hybridized carbons (Fsp3) is 0.233. The minimum atomic E-state index is -0.523. The lowest BCUT2D eigenvalue weighted by Gasteiger charge is -2.46. The van der Waals surface area contributed by atoms with Crippen LogP contribution in [0, 0.1) is 18.4 Å². The van der Waals surface area contributed by atoms with Crippen molar-refractivity contribution in [3.05, 3.63) is 101 Å². The van der Waals surface area contributed by atoms with E-state index in [0.717, 1.165) is 51.8 Å². The van der Waals surface area contributed by atoms with E-state index in [1.165, 1.54) is 0 Å². The number of para-hydroxylation sites is 1. The Hall–Kier alpha value is -4.17. The molecule has 2 aromatic heterocycles. The number of nitrogens with zero attached hydrogens (tertiary/aromatic N) is 4. The molecule has 0 saturated carbocycles. The van der Waals surface area contributed by atoms with Crippen molar-refractivity contribution in [2.24, 2.45) is 11.8 Å². The van der Waals surface area contributed by atoms with Gasteiger partial charge in [0.1, 0.15) is 0 Å². The lowest BCUT2D eigenvalue weighted by molar-refractivity contribution is -0.121. The molecule has 0 radical (unpaired) electrons. The molecule has 0 aliphatic heterocycles. The molecule has 2 heterocycles. The Balaban J connectivity index is 1.68. The van der Waals surface area contributed by atoms with Crippen LogP contribution < -0.4 is 0 Å². The van der Waals surface area contributed by atoms with Gasteiger partial charge in [0.2, 0.25) is 5.70 Å². The van der Waals surface area contributed by atoms with Crippen molar-refractivity contribution >= 4 is 16.7 Å². The van der Waals surface area contributed by atoms with Gasteiger partial charge in [0.15, 0.2) is 11.6 Å². The molecule has 3 atom stereocenters. The molecule has 170 valence electrons. The maximum atomic E-state index is 12.9. The van der Waals surface area contributed by atoms with Crippen LogP contribution in [0.4, 0.5) is 0 Å². The molecule has 5 nitrogen and oxygen atoms in total. The van der Waals surface area contributed by atoms with Gasteiger partial charge in [0, 0.05) is 39.6 Å². The molecule has 0 saturated heterocycles. The molecule has 0 bridgehead atoms. The van der Waals surface area contributed by atoms with Crippen molar-refractivity contribution in [1.82, 2.24) is 15.0 Å². The second-order valence-electron chi connectivity index (χ2n) is 9.69. The third-order valence-corrected chi connectivity index (χ3v) is 7.76. The molecule has 35 heavy (non-hydrogen) atoms. The Labute approximate surface area is 204 Å².